The minimum Gasteiger partial charge on any atom is -0.339 e. The van der Waals surface area contributed by atoms with E-state index in [2.05, 4.69) is 31.6 Å². The van der Waals surface area contributed by atoms with Crippen molar-refractivity contribution in [1.29, 1.82) is 0 Å². The summed E-state index contributed by atoms with van der Waals surface area (Å²) in [6.07, 6.45) is 10.4. The molecule has 2 aliphatic rings. The predicted octanol–water partition coefficient (Wildman–Crippen LogP) is 3.56. The molecule has 26 heavy (non-hydrogen) atoms. The molecule has 7 heteroatoms. The van der Waals surface area contributed by atoms with Gasteiger partial charge in [0.05, 0.1) is 5.75 Å². The number of rotatable bonds is 6. The Morgan fingerprint density at radius 2 is 2.15 bits per heavy atom. The molecule has 0 aromatic carbocycles. The Bertz CT molecular complexity index is 759. The first-order chi connectivity index (χ1) is 12.8. The van der Waals surface area contributed by atoms with E-state index in [0.29, 0.717) is 17.8 Å². The molecule has 2 aromatic heterocycles. The first-order valence-electron chi connectivity index (χ1n) is 9.55. The van der Waals surface area contributed by atoms with Crippen LogP contribution in [0.1, 0.15) is 51.5 Å². The van der Waals surface area contributed by atoms with Crippen LogP contribution in [0.15, 0.2) is 29.7 Å². The van der Waals surface area contributed by atoms with E-state index in [4.69, 9.17) is 0 Å². The SMILES string of the molecule is CC[C@@H]1CCCCN1C(=O)CSc1nnc(-c2cccnc2)n1C1CC1. The van der Waals surface area contributed by atoms with E-state index >= 15 is 0 Å². The molecule has 2 aromatic rings. The van der Waals surface area contributed by atoms with Crippen LogP contribution >= 0.6 is 11.8 Å². The number of thioether (sulfide) groups is 1. The van der Waals surface area contributed by atoms with Gasteiger partial charge in [0.25, 0.3) is 0 Å². The lowest BCUT2D eigenvalue weighted by Gasteiger charge is -2.35. The van der Waals surface area contributed by atoms with Gasteiger partial charge in [-0.25, -0.2) is 0 Å². The molecule has 0 unspecified atom stereocenters. The number of hydrogen-bond donors (Lipinski definition) is 0. The van der Waals surface area contributed by atoms with Gasteiger partial charge >= 0.3 is 0 Å². The Morgan fingerprint density at radius 3 is 2.88 bits per heavy atom. The minimum atomic E-state index is 0.231. The van der Waals surface area contributed by atoms with E-state index in [9.17, 15) is 4.79 Å². The zero-order valence-electron chi connectivity index (χ0n) is 15.2. The third-order valence-corrected chi connectivity index (χ3v) is 6.17. The van der Waals surface area contributed by atoms with Crippen LogP contribution in [0.3, 0.4) is 0 Å². The van der Waals surface area contributed by atoms with Crippen LogP contribution in [0.2, 0.25) is 0 Å². The van der Waals surface area contributed by atoms with Crippen LogP contribution in [0.5, 0.6) is 0 Å². The van der Waals surface area contributed by atoms with Gasteiger partial charge in [0.15, 0.2) is 11.0 Å². The maximum Gasteiger partial charge on any atom is 0.233 e. The standard InChI is InChI=1S/C19H25N5OS/c1-2-15-7-3-4-11-23(15)17(25)13-26-19-22-21-18(24(19)16-8-9-16)14-6-5-10-20-12-14/h5-6,10,12,15-16H,2-4,7-9,11,13H2,1H3/t15-/m1/s1. The van der Waals surface area contributed by atoms with Gasteiger partial charge in [-0.1, -0.05) is 18.7 Å². The van der Waals surface area contributed by atoms with Crippen molar-refractivity contribution in [2.75, 3.05) is 12.3 Å². The minimum absolute atomic E-state index is 0.231. The summed E-state index contributed by atoms with van der Waals surface area (Å²) in [5.41, 5.74) is 0.979. The third kappa shape index (κ3) is 3.63. The van der Waals surface area contributed by atoms with Crippen molar-refractivity contribution in [2.24, 2.45) is 0 Å². The molecule has 4 rings (SSSR count). The first-order valence-corrected chi connectivity index (χ1v) is 10.5. The fraction of sp³-hybridized carbons (Fsp3) is 0.579. The zero-order valence-corrected chi connectivity index (χ0v) is 16.0. The molecule has 1 atom stereocenters. The molecule has 0 spiro atoms. The van der Waals surface area contributed by atoms with E-state index in [1.165, 1.54) is 18.2 Å². The summed E-state index contributed by atoms with van der Waals surface area (Å²) in [6.45, 7) is 3.07. The number of pyridine rings is 1. The summed E-state index contributed by atoms with van der Waals surface area (Å²) in [6, 6.07) is 4.79. The molecule has 138 valence electrons. The van der Waals surface area contributed by atoms with Gasteiger partial charge < -0.3 is 4.90 Å². The molecule has 1 amide bonds. The number of hydrogen-bond acceptors (Lipinski definition) is 5. The third-order valence-electron chi connectivity index (χ3n) is 5.24. The topological polar surface area (TPSA) is 63.9 Å². The average molecular weight is 372 g/mol. The molecule has 6 nitrogen and oxygen atoms in total. The lowest BCUT2D eigenvalue weighted by molar-refractivity contribution is -0.132. The van der Waals surface area contributed by atoms with Crippen molar-refractivity contribution < 1.29 is 4.79 Å². The van der Waals surface area contributed by atoms with Crippen molar-refractivity contribution in [3.63, 3.8) is 0 Å². The maximum absolute atomic E-state index is 12.8. The van der Waals surface area contributed by atoms with E-state index < -0.39 is 0 Å². The van der Waals surface area contributed by atoms with Gasteiger partial charge in [-0.15, -0.1) is 10.2 Å². The Kier molecular flexibility index (Phi) is 5.24. The van der Waals surface area contributed by atoms with Gasteiger partial charge in [0.1, 0.15) is 0 Å². The van der Waals surface area contributed by atoms with Crippen LogP contribution in [-0.2, 0) is 4.79 Å². The highest BCUT2D eigenvalue weighted by Crippen LogP contribution is 2.41. The summed E-state index contributed by atoms with van der Waals surface area (Å²) in [4.78, 5) is 19.0. The van der Waals surface area contributed by atoms with Gasteiger partial charge in [0.2, 0.25) is 5.91 Å². The Labute approximate surface area is 158 Å². The Morgan fingerprint density at radius 1 is 1.27 bits per heavy atom. The predicted molar refractivity (Wildman–Crippen MR) is 102 cm³/mol. The summed E-state index contributed by atoms with van der Waals surface area (Å²) in [7, 11) is 0. The van der Waals surface area contributed by atoms with E-state index in [0.717, 1.165) is 55.2 Å². The summed E-state index contributed by atoms with van der Waals surface area (Å²) >= 11 is 1.52. The molecule has 1 aliphatic carbocycles. The maximum atomic E-state index is 12.8. The quantitative estimate of drug-likeness (QED) is 0.727. The lowest BCUT2D eigenvalue weighted by Crippen LogP contribution is -2.44. The highest BCUT2D eigenvalue weighted by atomic mass is 32.2. The van der Waals surface area contributed by atoms with Crippen LogP contribution in [0.25, 0.3) is 11.4 Å². The number of nitrogens with zero attached hydrogens (tertiary/aromatic N) is 5. The molecule has 2 fully saturated rings. The Balaban J connectivity index is 1.48. The van der Waals surface area contributed by atoms with Gasteiger partial charge in [-0.05, 0) is 50.7 Å². The monoisotopic (exact) mass is 371 g/mol. The van der Waals surface area contributed by atoms with E-state index in [-0.39, 0.29) is 5.91 Å². The second-order valence-corrected chi connectivity index (χ2v) is 8.03. The highest BCUT2D eigenvalue weighted by Gasteiger charge is 2.31. The van der Waals surface area contributed by atoms with E-state index in [1.807, 2.05) is 18.3 Å². The van der Waals surface area contributed by atoms with E-state index in [1.54, 1.807) is 6.20 Å². The molecule has 1 aliphatic heterocycles. The van der Waals surface area contributed by atoms with Crippen molar-refractivity contribution in [2.45, 2.75) is 62.7 Å². The number of aromatic nitrogens is 4. The summed E-state index contributed by atoms with van der Waals surface area (Å²) < 4.78 is 2.20. The number of likely N-dealkylation sites (tertiary alicyclic amines) is 1. The van der Waals surface area contributed by atoms with Crippen LogP contribution in [-0.4, -0.2) is 48.9 Å². The first kappa shape index (κ1) is 17.5. The second kappa shape index (κ2) is 7.78. The fourth-order valence-corrected chi connectivity index (χ4v) is 4.58. The van der Waals surface area contributed by atoms with Crippen molar-refractivity contribution >= 4 is 17.7 Å². The number of piperidine rings is 1. The Hall–Kier alpha value is -1.89. The average Bonchev–Trinajstić information content (AvgIpc) is 3.45. The zero-order chi connectivity index (χ0) is 17.9. The van der Waals surface area contributed by atoms with Gasteiger partial charge in [-0.2, -0.15) is 0 Å². The largest absolute Gasteiger partial charge is 0.339 e. The number of carbonyl (C=O) groups is 1. The highest BCUT2D eigenvalue weighted by molar-refractivity contribution is 7.99. The van der Waals surface area contributed by atoms with Crippen LogP contribution in [0.4, 0.5) is 0 Å². The fourth-order valence-electron chi connectivity index (χ4n) is 3.69. The smallest absolute Gasteiger partial charge is 0.233 e. The van der Waals surface area contributed by atoms with Crippen LogP contribution < -0.4 is 0 Å². The number of amides is 1. The molecule has 0 bridgehead atoms. The molecule has 1 saturated carbocycles. The molecule has 0 N–H and O–H groups in total. The van der Waals surface area contributed by atoms with Gasteiger partial charge in [-0.3, -0.25) is 14.3 Å². The van der Waals surface area contributed by atoms with Crippen molar-refractivity contribution in [3.8, 4) is 11.4 Å². The molecule has 1 saturated heterocycles. The lowest BCUT2D eigenvalue weighted by atomic mass is 10.0. The molecular weight excluding hydrogens is 346 g/mol. The molecular formula is C19H25N5OS. The van der Waals surface area contributed by atoms with Gasteiger partial charge in [0, 0.05) is 36.6 Å². The summed E-state index contributed by atoms with van der Waals surface area (Å²) in [5, 5.41) is 9.64. The van der Waals surface area contributed by atoms with Crippen molar-refractivity contribution in [1.82, 2.24) is 24.6 Å². The van der Waals surface area contributed by atoms with Crippen LogP contribution in [0, 0.1) is 0 Å². The van der Waals surface area contributed by atoms with Crippen molar-refractivity contribution in [3.05, 3.63) is 24.5 Å². The normalized spacial score (nSPS) is 20.3. The molecule has 0 radical (unpaired) electrons. The molecule has 3 heterocycles. The second-order valence-electron chi connectivity index (χ2n) is 7.08. The summed E-state index contributed by atoms with van der Waals surface area (Å²) in [5.74, 6) is 1.53. The number of carbonyl (C=O) groups excluding carboxylic acids is 1.